The molecule has 0 saturated carbocycles. The number of rotatable bonds is 6. The highest BCUT2D eigenvalue weighted by Crippen LogP contribution is 2.22. The van der Waals surface area contributed by atoms with Gasteiger partial charge in [-0.2, -0.15) is 0 Å². The van der Waals surface area contributed by atoms with Crippen molar-refractivity contribution >= 4 is 17.6 Å². The van der Waals surface area contributed by atoms with Crippen LogP contribution in [0.5, 0.6) is 5.75 Å². The van der Waals surface area contributed by atoms with Crippen molar-refractivity contribution in [2.75, 3.05) is 19.0 Å². The van der Waals surface area contributed by atoms with Crippen LogP contribution >= 0.6 is 0 Å². The molecule has 0 fully saturated rings. The quantitative estimate of drug-likeness (QED) is 0.742. The van der Waals surface area contributed by atoms with E-state index in [4.69, 9.17) is 4.74 Å². The van der Waals surface area contributed by atoms with Gasteiger partial charge < -0.3 is 20.7 Å². The zero-order valence-electron chi connectivity index (χ0n) is 12.0. The molecule has 0 saturated heterocycles. The fourth-order valence-electron chi connectivity index (χ4n) is 1.57. The molecule has 0 heterocycles. The van der Waals surface area contributed by atoms with E-state index in [-0.39, 0.29) is 5.91 Å². The Hall–Kier alpha value is -2.24. The molecule has 0 radical (unpaired) electrons. The molecule has 6 heteroatoms. The van der Waals surface area contributed by atoms with E-state index in [2.05, 4.69) is 16.0 Å². The first kappa shape index (κ1) is 15.8. The number of benzene rings is 1. The van der Waals surface area contributed by atoms with E-state index >= 15 is 0 Å². The Morgan fingerprint density at radius 3 is 2.65 bits per heavy atom. The van der Waals surface area contributed by atoms with Crippen LogP contribution in [0, 0.1) is 0 Å². The van der Waals surface area contributed by atoms with Gasteiger partial charge in [-0.1, -0.05) is 19.1 Å². The molecule has 0 aromatic heterocycles. The summed E-state index contributed by atoms with van der Waals surface area (Å²) in [5, 5.41) is 7.94. The van der Waals surface area contributed by atoms with Gasteiger partial charge in [0.05, 0.1) is 12.8 Å². The fraction of sp³-hybridized carbons (Fsp3) is 0.429. The van der Waals surface area contributed by atoms with Crippen molar-refractivity contribution in [2.24, 2.45) is 0 Å². The zero-order chi connectivity index (χ0) is 15.0. The van der Waals surface area contributed by atoms with Gasteiger partial charge in [0.2, 0.25) is 5.91 Å². The standard InChI is InChI=1S/C14H21N3O3/c1-4-9-15-13(18)10(2)16-14(19)17-11-7-5-6-8-12(11)20-3/h5-8,10H,4,9H2,1-3H3,(H,15,18)(H2,16,17,19). The molecule has 1 aromatic rings. The van der Waals surface area contributed by atoms with Gasteiger partial charge in [0, 0.05) is 6.54 Å². The third kappa shape index (κ3) is 4.79. The van der Waals surface area contributed by atoms with E-state index in [0.717, 1.165) is 6.42 Å². The maximum atomic E-state index is 11.8. The highest BCUT2D eigenvalue weighted by Gasteiger charge is 2.15. The van der Waals surface area contributed by atoms with Crippen LogP contribution in [0.1, 0.15) is 20.3 Å². The summed E-state index contributed by atoms with van der Waals surface area (Å²) in [6.45, 7) is 4.19. The van der Waals surface area contributed by atoms with E-state index in [9.17, 15) is 9.59 Å². The Morgan fingerprint density at radius 2 is 2.00 bits per heavy atom. The Bertz CT molecular complexity index is 463. The zero-order valence-corrected chi connectivity index (χ0v) is 12.0. The summed E-state index contributed by atoms with van der Waals surface area (Å²) in [5.74, 6) is 0.354. The lowest BCUT2D eigenvalue weighted by atomic mass is 10.3. The monoisotopic (exact) mass is 279 g/mol. The normalized spacial score (nSPS) is 11.3. The summed E-state index contributed by atoms with van der Waals surface area (Å²) in [5.41, 5.74) is 0.550. The second-order valence-corrected chi connectivity index (χ2v) is 4.31. The van der Waals surface area contributed by atoms with Crippen LogP contribution < -0.4 is 20.7 Å². The summed E-state index contributed by atoms with van der Waals surface area (Å²) in [6, 6.07) is 6.01. The average Bonchev–Trinajstić information content (AvgIpc) is 2.45. The minimum Gasteiger partial charge on any atom is -0.495 e. The predicted molar refractivity (Wildman–Crippen MR) is 77.9 cm³/mol. The molecule has 0 aliphatic carbocycles. The first-order valence-corrected chi connectivity index (χ1v) is 6.56. The fourth-order valence-corrected chi connectivity index (χ4v) is 1.57. The lowest BCUT2D eigenvalue weighted by molar-refractivity contribution is -0.122. The lowest BCUT2D eigenvalue weighted by Gasteiger charge is -2.15. The minimum absolute atomic E-state index is 0.206. The van der Waals surface area contributed by atoms with Gasteiger partial charge in [-0.25, -0.2) is 4.79 Å². The Labute approximate surface area is 118 Å². The molecular weight excluding hydrogens is 258 g/mol. The van der Waals surface area contributed by atoms with E-state index in [0.29, 0.717) is 18.0 Å². The van der Waals surface area contributed by atoms with E-state index in [1.54, 1.807) is 25.1 Å². The molecule has 20 heavy (non-hydrogen) atoms. The molecule has 3 amide bonds. The van der Waals surface area contributed by atoms with Crippen LogP contribution in [0.2, 0.25) is 0 Å². The van der Waals surface area contributed by atoms with Gasteiger partial charge in [0.1, 0.15) is 11.8 Å². The third-order valence-electron chi connectivity index (χ3n) is 2.65. The molecule has 0 aliphatic rings. The summed E-state index contributed by atoms with van der Waals surface area (Å²) < 4.78 is 5.13. The van der Waals surface area contributed by atoms with Crippen molar-refractivity contribution in [1.29, 1.82) is 0 Å². The number of hydrogen-bond donors (Lipinski definition) is 3. The summed E-state index contributed by atoms with van der Waals surface area (Å²) >= 11 is 0. The summed E-state index contributed by atoms with van der Waals surface area (Å²) in [6.07, 6.45) is 0.853. The molecule has 0 aliphatic heterocycles. The van der Waals surface area contributed by atoms with Gasteiger partial charge >= 0.3 is 6.03 Å². The molecule has 0 spiro atoms. The Balaban J connectivity index is 2.53. The number of para-hydroxylation sites is 2. The molecule has 1 atom stereocenters. The van der Waals surface area contributed by atoms with E-state index < -0.39 is 12.1 Å². The lowest BCUT2D eigenvalue weighted by Crippen LogP contribution is -2.46. The van der Waals surface area contributed by atoms with Crippen molar-refractivity contribution in [2.45, 2.75) is 26.3 Å². The maximum absolute atomic E-state index is 11.8. The van der Waals surface area contributed by atoms with Crippen molar-refractivity contribution in [3.8, 4) is 5.75 Å². The second-order valence-electron chi connectivity index (χ2n) is 4.31. The molecule has 0 bridgehead atoms. The van der Waals surface area contributed by atoms with Gasteiger partial charge in [-0.3, -0.25) is 4.79 Å². The van der Waals surface area contributed by atoms with Crippen LogP contribution in [0.3, 0.4) is 0 Å². The molecule has 1 aromatic carbocycles. The largest absolute Gasteiger partial charge is 0.495 e. The highest BCUT2D eigenvalue weighted by molar-refractivity contribution is 5.94. The smallest absolute Gasteiger partial charge is 0.319 e. The summed E-state index contributed by atoms with van der Waals surface area (Å²) in [4.78, 5) is 23.4. The maximum Gasteiger partial charge on any atom is 0.319 e. The summed E-state index contributed by atoms with van der Waals surface area (Å²) in [7, 11) is 1.53. The van der Waals surface area contributed by atoms with Crippen LogP contribution in [0.25, 0.3) is 0 Å². The van der Waals surface area contributed by atoms with Crippen molar-refractivity contribution in [3.05, 3.63) is 24.3 Å². The van der Waals surface area contributed by atoms with Crippen molar-refractivity contribution in [1.82, 2.24) is 10.6 Å². The average molecular weight is 279 g/mol. The van der Waals surface area contributed by atoms with Crippen LogP contribution in [-0.2, 0) is 4.79 Å². The van der Waals surface area contributed by atoms with Gasteiger partial charge in [0.15, 0.2) is 0 Å². The number of carbonyl (C=O) groups is 2. The van der Waals surface area contributed by atoms with Gasteiger partial charge in [0.25, 0.3) is 0 Å². The number of anilines is 1. The molecule has 1 rings (SSSR count). The number of amides is 3. The second kappa shape index (κ2) is 8.04. The van der Waals surface area contributed by atoms with Crippen LogP contribution in [0.15, 0.2) is 24.3 Å². The SMILES string of the molecule is CCCNC(=O)C(C)NC(=O)Nc1ccccc1OC. The Morgan fingerprint density at radius 1 is 1.30 bits per heavy atom. The molecular formula is C14H21N3O3. The number of urea groups is 1. The van der Waals surface area contributed by atoms with Gasteiger partial charge in [-0.15, -0.1) is 0 Å². The highest BCUT2D eigenvalue weighted by atomic mass is 16.5. The van der Waals surface area contributed by atoms with Gasteiger partial charge in [-0.05, 0) is 25.5 Å². The molecule has 1 unspecified atom stereocenters. The first-order valence-electron chi connectivity index (χ1n) is 6.56. The third-order valence-corrected chi connectivity index (χ3v) is 2.65. The van der Waals surface area contributed by atoms with Crippen LogP contribution in [0.4, 0.5) is 10.5 Å². The van der Waals surface area contributed by atoms with Crippen LogP contribution in [-0.4, -0.2) is 31.6 Å². The van der Waals surface area contributed by atoms with E-state index in [1.807, 2.05) is 13.0 Å². The molecule has 110 valence electrons. The topological polar surface area (TPSA) is 79.5 Å². The number of nitrogens with one attached hydrogen (secondary N) is 3. The van der Waals surface area contributed by atoms with E-state index in [1.165, 1.54) is 7.11 Å². The molecule has 6 nitrogen and oxygen atoms in total. The number of ether oxygens (including phenoxy) is 1. The number of methoxy groups -OCH3 is 1. The number of carbonyl (C=O) groups excluding carboxylic acids is 2. The van der Waals surface area contributed by atoms with Crippen molar-refractivity contribution in [3.63, 3.8) is 0 Å². The van der Waals surface area contributed by atoms with Crippen molar-refractivity contribution < 1.29 is 14.3 Å². The molecule has 3 N–H and O–H groups in total. The predicted octanol–water partition coefficient (Wildman–Crippen LogP) is 1.73. The first-order chi connectivity index (χ1) is 9.58. The number of hydrogen-bond acceptors (Lipinski definition) is 3. The minimum atomic E-state index is -0.601. The Kier molecular flexibility index (Phi) is 6.36.